The molecule has 0 amide bonds. The zero-order chi connectivity index (χ0) is 15.2. The fourth-order valence-corrected chi connectivity index (χ4v) is 2.33. The standard InChI is InChI=1S/C15H32N4O/c1-12(2)10-19-7-8-20-13(11-19)9-17-14(16-6)18-15(3,4)5/h12-13H,7-11H2,1-6H3,(H2,16,17,18). The number of hydrogen-bond acceptors (Lipinski definition) is 3. The summed E-state index contributed by atoms with van der Waals surface area (Å²) in [6, 6.07) is 0. The highest BCUT2D eigenvalue weighted by Crippen LogP contribution is 2.07. The molecule has 0 spiro atoms. The molecule has 0 bridgehead atoms. The summed E-state index contributed by atoms with van der Waals surface area (Å²) in [5.41, 5.74) is 0.0128. The number of aliphatic imine (C=N–C) groups is 1. The van der Waals surface area contributed by atoms with Crippen molar-refractivity contribution in [1.82, 2.24) is 15.5 Å². The largest absolute Gasteiger partial charge is 0.374 e. The van der Waals surface area contributed by atoms with Crippen LogP contribution < -0.4 is 10.6 Å². The van der Waals surface area contributed by atoms with Crippen LogP contribution in [-0.2, 0) is 4.74 Å². The molecule has 1 aliphatic rings. The minimum absolute atomic E-state index is 0.0128. The van der Waals surface area contributed by atoms with E-state index in [0.29, 0.717) is 5.92 Å². The van der Waals surface area contributed by atoms with Crippen LogP contribution in [0.25, 0.3) is 0 Å². The Hall–Kier alpha value is -0.810. The smallest absolute Gasteiger partial charge is 0.191 e. The molecule has 1 saturated heterocycles. The molecule has 1 rings (SSSR count). The first-order valence-corrected chi connectivity index (χ1v) is 7.63. The van der Waals surface area contributed by atoms with Crippen LogP contribution in [0.1, 0.15) is 34.6 Å². The number of morpholine rings is 1. The van der Waals surface area contributed by atoms with Crippen LogP contribution in [-0.4, -0.2) is 62.3 Å². The third kappa shape index (κ3) is 7.10. The van der Waals surface area contributed by atoms with Crippen LogP contribution in [0, 0.1) is 5.92 Å². The molecule has 0 aromatic rings. The SMILES string of the molecule is CN=C(NCC1CN(CC(C)C)CCO1)NC(C)(C)C. The zero-order valence-corrected chi connectivity index (χ0v) is 14.0. The number of rotatable bonds is 4. The lowest BCUT2D eigenvalue weighted by Gasteiger charge is -2.34. The highest BCUT2D eigenvalue weighted by atomic mass is 16.5. The Morgan fingerprint density at radius 3 is 2.65 bits per heavy atom. The third-order valence-corrected chi connectivity index (χ3v) is 3.06. The zero-order valence-electron chi connectivity index (χ0n) is 14.0. The molecule has 1 aliphatic heterocycles. The molecule has 1 fully saturated rings. The summed E-state index contributed by atoms with van der Waals surface area (Å²) in [5, 5.41) is 6.72. The molecule has 1 heterocycles. The van der Waals surface area contributed by atoms with Crippen molar-refractivity contribution in [2.75, 3.05) is 39.8 Å². The van der Waals surface area contributed by atoms with E-state index in [4.69, 9.17) is 4.74 Å². The van der Waals surface area contributed by atoms with E-state index < -0.39 is 0 Å². The molecule has 2 N–H and O–H groups in total. The minimum Gasteiger partial charge on any atom is -0.374 e. The molecule has 1 unspecified atom stereocenters. The van der Waals surface area contributed by atoms with Crippen molar-refractivity contribution in [2.45, 2.75) is 46.3 Å². The van der Waals surface area contributed by atoms with Crippen LogP contribution in [0.3, 0.4) is 0 Å². The molecular formula is C15H32N4O. The van der Waals surface area contributed by atoms with Gasteiger partial charge in [-0.15, -0.1) is 0 Å². The number of guanidine groups is 1. The molecule has 20 heavy (non-hydrogen) atoms. The van der Waals surface area contributed by atoms with Crippen molar-refractivity contribution in [3.05, 3.63) is 0 Å². The summed E-state index contributed by atoms with van der Waals surface area (Å²) in [7, 11) is 1.80. The molecule has 5 heteroatoms. The Balaban J connectivity index is 2.36. The Morgan fingerprint density at radius 1 is 1.40 bits per heavy atom. The van der Waals surface area contributed by atoms with Crippen LogP contribution in [0.5, 0.6) is 0 Å². The fourth-order valence-electron chi connectivity index (χ4n) is 2.33. The van der Waals surface area contributed by atoms with Gasteiger partial charge in [0.05, 0.1) is 12.7 Å². The minimum atomic E-state index is 0.0128. The number of nitrogens with one attached hydrogen (secondary N) is 2. The number of hydrogen-bond donors (Lipinski definition) is 2. The van der Waals surface area contributed by atoms with Gasteiger partial charge in [-0.1, -0.05) is 13.8 Å². The summed E-state index contributed by atoms with van der Waals surface area (Å²) >= 11 is 0. The second kappa shape index (κ2) is 7.84. The Kier molecular flexibility index (Phi) is 6.76. The highest BCUT2D eigenvalue weighted by Gasteiger charge is 2.21. The second-order valence-corrected chi connectivity index (χ2v) is 6.97. The Labute approximate surface area is 124 Å². The molecule has 1 atom stereocenters. The maximum Gasteiger partial charge on any atom is 0.191 e. The highest BCUT2D eigenvalue weighted by molar-refractivity contribution is 5.80. The summed E-state index contributed by atoms with van der Waals surface area (Å²) in [6.07, 6.45) is 0.237. The normalized spacial score (nSPS) is 22.1. The van der Waals surface area contributed by atoms with Gasteiger partial charge in [-0.3, -0.25) is 9.89 Å². The van der Waals surface area contributed by atoms with Crippen molar-refractivity contribution in [1.29, 1.82) is 0 Å². The van der Waals surface area contributed by atoms with Crippen LogP contribution in [0.15, 0.2) is 4.99 Å². The van der Waals surface area contributed by atoms with E-state index in [0.717, 1.165) is 38.7 Å². The van der Waals surface area contributed by atoms with Crippen LogP contribution in [0.4, 0.5) is 0 Å². The molecule has 5 nitrogen and oxygen atoms in total. The predicted octanol–water partition coefficient (Wildman–Crippen LogP) is 1.31. The van der Waals surface area contributed by atoms with Crippen molar-refractivity contribution in [3.8, 4) is 0 Å². The van der Waals surface area contributed by atoms with Crippen molar-refractivity contribution in [3.63, 3.8) is 0 Å². The maximum absolute atomic E-state index is 5.83. The lowest BCUT2D eigenvalue weighted by molar-refractivity contribution is -0.0284. The van der Waals surface area contributed by atoms with E-state index in [1.54, 1.807) is 7.05 Å². The molecule has 0 radical (unpaired) electrons. The van der Waals surface area contributed by atoms with Gasteiger partial charge in [-0.25, -0.2) is 0 Å². The first-order valence-electron chi connectivity index (χ1n) is 7.63. The molecule has 0 aromatic heterocycles. The quantitative estimate of drug-likeness (QED) is 0.604. The van der Waals surface area contributed by atoms with Gasteiger partial charge in [0.15, 0.2) is 5.96 Å². The summed E-state index contributed by atoms with van der Waals surface area (Å²) in [4.78, 5) is 6.74. The molecule has 0 aromatic carbocycles. The molecule has 0 saturated carbocycles. The monoisotopic (exact) mass is 284 g/mol. The second-order valence-electron chi connectivity index (χ2n) is 6.97. The van der Waals surface area contributed by atoms with E-state index in [1.807, 2.05) is 0 Å². The lowest BCUT2D eigenvalue weighted by atomic mass is 10.1. The first-order chi connectivity index (χ1) is 9.30. The summed E-state index contributed by atoms with van der Waals surface area (Å²) in [5.74, 6) is 1.54. The maximum atomic E-state index is 5.83. The third-order valence-electron chi connectivity index (χ3n) is 3.06. The summed E-state index contributed by atoms with van der Waals surface area (Å²) in [6.45, 7) is 15.7. The van der Waals surface area contributed by atoms with Gasteiger partial charge >= 0.3 is 0 Å². The van der Waals surface area contributed by atoms with Crippen molar-refractivity contribution < 1.29 is 4.74 Å². The van der Waals surface area contributed by atoms with Gasteiger partial charge in [0, 0.05) is 38.8 Å². The van der Waals surface area contributed by atoms with E-state index >= 15 is 0 Å². The van der Waals surface area contributed by atoms with Gasteiger partial charge in [0.2, 0.25) is 0 Å². The average Bonchev–Trinajstić information content (AvgIpc) is 2.32. The van der Waals surface area contributed by atoms with E-state index in [2.05, 4.69) is 55.1 Å². The summed E-state index contributed by atoms with van der Waals surface area (Å²) < 4.78 is 5.83. The van der Waals surface area contributed by atoms with Gasteiger partial charge in [0.1, 0.15) is 0 Å². The van der Waals surface area contributed by atoms with Crippen LogP contribution in [0.2, 0.25) is 0 Å². The van der Waals surface area contributed by atoms with Gasteiger partial charge in [-0.05, 0) is 26.7 Å². The number of nitrogens with zero attached hydrogens (tertiary/aromatic N) is 2. The van der Waals surface area contributed by atoms with E-state index in [1.165, 1.54) is 0 Å². The van der Waals surface area contributed by atoms with E-state index in [-0.39, 0.29) is 11.6 Å². The van der Waals surface area contributed by atoms with Crippen LogP contribution >= 0.6 is 0 Å². The fraction of sp³-hybridized carbons (Fsp3) is 0.933. The van der Waals surface area contributed by atoms with E-state index in [9.17, 15) is 0 Å². The molecule has 0 aliphatic carbocycles. The Bertz CT molecular complexity index is 309. The van der Waals surface area contributed by atoms with Gasteiger partial charge in [0.25, 0.3) is 0 Å². The molecule has 118 valence electrons. The lowest BCUT2D eigenvalue weighted by Crippen LogP contribution is -2.52. The average molecular weight is 284 g/mol. The molecular weight excluding hydrogens is 252 g/mol. The van der Waals surface area contributed by atoms with Gasteiger partial charge < -0.3 is 15.4 Å². The topological polar surface area (TPSA) is 48.9 Å². The van der Waals surface area contributed by atoms with Crippen molar-refractivity contribution in [2.24, 2.45) is 10.9 Å². The first kappa shape index (κ1) is 17.2. The predicted molar refractivity (Wildman–Crippen MR) is 85.3 cm³/mol. The Morgan fingerprint density at radius 2 is 2.10 bits per heavy atom. The van der Waals surface area contributed by atoms with Gasteiger partial charge in [-0.2, -0.15) is 0 Å². The van der Waals surface area contributed by atoms with Crippen molar-refractivity contribution >= 4 is 5.96 Å². The number of ether oxygens (including phenoxy) is 1.